The molecule has 0 aromatic heterocycles. The molecule has 2 saturated heterocycles. The molecule has 2 aromatic rings. The van der Waals surface area contributed by atoms with Crippen LogP contribution in [-0.4, -0.2) is 37.3 Å². The van der Waals surface area contributed by atoms with E-state index in [2.05, 4.69) is 0 Å². The largest absolute Gasteiger partial charge is 0.243 e. The fourth-order valence-electron chi connectivity index (χ4n) is 3.53. The number of nitrogens with zero attached hydrogens (tertiary/aromatic N) is 1. The molecule has 0 amide bonds. The molecule has 5 heteroatoms. The van der Waals surface area contributed by atoms with Gasteiger partial charge in [0, 0.05) is 18.7 Å². The highest BCUT2D eigenvalue weighted by Gasteiger charge is 2.42. The first kappa shape index (κ1) is 15.2. The van der Waals surface area contributed by atoms with Crippen LogP contribution < -0.4 is 0 Å². The molecule has 2 fully saturated rings. The Kier molecular flexibility index (Phi) is 3.95. The third kappa shape index (κ3) is 2.71. The number of sulfonamides is 1. The fourth-order valence-corrected chi connectivity index (χ4v) is 6.79. The van der Waals surface area contributed by atoms with Gasteiger partial charge in [0.2, 0.25) is 10.0 Å². The third-order valence-corrected chi connectivity index (χ3v) is 8.01. The topological polar surface area (TPSA) is 37.4 Å². The second-order valence-corrected chi connectivity index (χ2v) is 9.22. The Labute approximate surface area is 141 Å². The van der Waals surface area contributed by atoms with Crippen LogP contribution in [0.1, 0.15) is 0 Å². The smallest absolute Gasteiger partial charge is 0.207 e. The van der Waals surface area contributed by atoms with E-state index in [1.54, 1.807) is 10.4 Å². The summed E-state index contributed by atoms with van der Waals surface area (Å²) in [6.45, 7) is 1.34. The lowest BCUT2D eigenvalue weighted by atomic mass is 10.0. The molecular formula is C18H19NO2S2. The summed E-state index contributed by atoms with van der Waals surface area (Å²) in [7, 11) is -3.44. The maximum atomic E-state index is 13.2. The van der Waals surface area contributed by atoms with Crippen molar-refractivity contribution >= 4 is 21.8 Å². The molecule has 0 N–H and O–H groups in total. The molecule has 0 bridgehead atoms. The fraction of sp³-hybridized carbons (Fsp3) is 0.333. The average Bonchev–Trinajstić information content (AvgIpc) is 3.18. The van der Waals surface area contributed by atoms with Crippen molar-refractivity contribution in [3.05, 3.63) is 54.6 Å². The van der Waals surface area contributed by atoms with E-state index in [0.717, 1.165) is 22.6 Å². The van der Waals surface area contributed by atoms with Crippen LogP contribution in [0.5, 0.6) is 0 Å². The average molecular weight is 345 g/mol. The molecule has 2 heterocycles. The monoisotopic (exact) mass is 345 g/mol. The van der Waals surface area contributed by atoms with Gasteiger partial charge in [-0.2, -0.15) is 16.1 Å². The predicted molar refractivity (Wildman–Crippen MR) is 94.9 cm³/mol. The number of hydrogen-bond donors (Lipinski definition) is 0. The van der Waals surface area contributed by atoms with Crippen molar-refractivity contribution in [3.63, 3.8) is 0 Å². The highest BCUT2D eigenvalue weighted by molar-refractivity contribution is 7.99. The van der Waals surface area contributed by atoms with Crippen molar-refractivity contribution in [2.75, 3.05) is 24.6 Å². The summed E-state index contributed by atoms with van der Waals surface area (Å²) in [5, 5.41) is 0. The summed E-state index contributed by atoms with van der Waals surface area (Å²) in [5.41, 5.74) is 1.74. The number of thioether (sulfide) groups is 1. The normalized spacial score (nSPS) is 24.7. The van der Waals surface area contributed by atoms with Gasteiger partial charge in [-0.05, 0) is 35.0 Å². The number of rotatable bonds is 3. The van der Waals surface area contributed by atoms with Gasteiger partial charge < -0.3 is 0 Å². The summed E-state index contributed by atoms with van der Waals surface area (Å²) in [4.78, 5) is 0.429. The van der Waals surface area contributed by atoms with E-state index >= 15 is 0 Å². The molecule has 23 heavy (non-hydrogen) atoms. The van der Waals surface area contributed by atoms with E-state index in [9.17, 15) is 8.42 Å². The van der Waals surface area contributed by atoms with Gasteiger partial charge in [0.25, 0.3) is 0 Å². The number of fused-ring (bicyclic) bond motifs is 1. The van der Waals surface area contributed by atoms with Gasteiger partial charge in [0.1, 0.15) is 0 Å². The van der Waals surface area contributed by atoms with Crippen LogP contribution in [0.4, 0.5) is 0 Å². The Hall–Kier alpha value is -1.30. The second-order valence-electron chi connectivity index (χ2n) is 6.24. The Morgan fingerprint density at radius 2 is 1.48 bits per heavy atom. The Morgan fingerprint density at radius 1 is 0.870 bits per heavy atom. The van der Waals surface area contributed by atoms with Crippen LogP contribution in [0.3, 0.4) is 0 Å². The molecule has 0 aliphatic carbocycles. The molecule has 3 nitrogen and oxygen atoms in total. The minimum atomic E-state index is -3.44. The number of hydrogen-bond acceptors (Lipinski definition) is 3. The standard InChI is InChI=1S/C18H19NO2S2/c20-23(21,19-10-15-12-22-13-16(15)11-19)18-9-5-4-8-17(18)14-6-2-1-3-7-14/h1-9,15-16H,10-13H2/t15-,16+. The zero-order valence-electron chi connectivity index (χ0n) is 12.8. The lowest BCUT2D eigenvalue weighted by Gasteiger charge is -2.19. The first-order chi connectivity index (χ1) is 11.2. The molecule has 0 spiro atoms. The maximum absolute atomic E-state index is 13.2. The van der Waals surface area contributed by atoms with E-state index in [1.165, 1.54) is 0 Å². The molecule has 4 rings (SSSR count). The maximum Gasteiger partial charge on any atom is 0.243 e. The Bertz CT molecular complexity index is 793. The van der Waals surface area contributed by atoms with E-state index in [4.69, 9.17) is 0 Å². The quantitative estimate of drug-likeness (QED) is 0.856. The SMILES string of the molecule is O=S(=O)(c1ccccc1-c1ccccc1)N1C[C@H]2CSC[C@H]2C1. The molecule has 2 aliphatic rings. The summed E-state index contributed by atoms with van der Waals surface area (Å²) >= 11 is 1.95. The lowest BCUT2D eigenvalue weighted by molar-refractivity contribution is 0.463. The van der Waals surface area contributed by atoms with Gasteiger partial charge in [-0.1, -0.05) is 48.5 Å². The van der Waals surface area contributed by atoms with Crippen LogP contribution in [-0.2, 0) is 10.0 Å². The van der Waals surface area contributed by atoms with Crippen molar-refractivity contribution in [1.29, 1.82) is 0 Å². The van der Waals surface area contributed by atoms with Crippen LogP contribution in [0, 0.1) is 11.8 Å². The number of benzene rings is 2. The molecule has 0 unspecified atom stereocenters. The van der Waals surface area contributed by atoms with E-state index in [1.807, 2.05) is 60.3 Å². The Morgan fingerprint density at radius 3 is 2.17 bits per heavy atom. The summed E-state index contributed by atoms with van der Waals surface area (Å²) in [6, 6.07) is 17.1. The van der Waals surface area contributed by atoms with Crippen molar-refractivity contribution in [2.24, 2.45) is 11.8 Å². The van der Waals surface area contributed by atoms with Crippen LogP contribution in [0.2, 0.25) is 0 Å². The molecule has 0 saturated carbocycles. The molecule has 2 aromatic carbocycles. The lowest BCUT2D eigenvalue weighted by Crippen LogP contribution is -2.30. The van der Waals surface area contributed by atoms with E-state index in [0.29, 0.717) is 29.8 Å². The molecule has 2 atom stereocenters. The third-order valence-electron chi connectivity index (χ3n) is 4.80. The summed E-state index contributed by atoms with van der Waals surface area (Å²) < 4.78 is 28.1. The van der Waals surface area contributed by atoms with Crippen LogP contribution >= 0.6 is 11.8 Å². The summed E-state index contributed by atoms with van der Waals surface area (Å²) in [6.07, 6.45) is 0. The molecule has 2 aliphatic heterocycles. The van der Waals surface area contributed by atoms with Crippen LogP contribution in [0.25, 0.3) is 11.1 Å². The van der Waals surface area contributed by atoms with Gasteiger partial charge in [0.05, 0.1) is 4.90 Å². The highest BCUT2D eigenvalue weighted by Crippen LogP contribution is 2.39. The van der Waals surface area contributed by atoms with Crippen molar-refractivity contribution in [2.45, 2.75) is 4.90 Å². The Balaban J connectivity index is 1.73. The first-order valence-electron chi connectivity index (χ1n) is 7.88. The molecular weight excluding hydrogens is 326 g/mol. The van der Waals surface area contributed by atoms with E-state index < -0.39 is 10.0 Å². The first-order valence-corrected chi connectivity index (χ1v) is 10.5. The highest BCUT2D eigenvalue weighted by atomic mass is 32.2. The predicted octanol–water partition coefficient (Wildman–Crippen LogP) is 3.34. The van der Waals surface area contributed by atoms with Crippen LogP contribution in [0.15, 0.2) is 59.5 Å². The van der Waals surface area contributed by atoms with E-state index in [-0.39, 0.29) is 0 Å². The van der Waals surface area contributed by atoms with Crippen molar-refractivity contribution in [3.8, 4) is 11.1 Å². The molecule has 0 radical (unpaired) electrons. The van der Waals surface area contributed by atoms with Gasteiger partial charge in [-0.25, -0.2) is 8.42 Å². The second kappa shape index (κ2) is 5.96. The minimum absolute atomic E-state index is 0.429. The van der Waals surface area contributed by atoms with Gasteiger partial charge >= 0.3 is 0 Å². The van der Waals surface area contributed by atoms with Crippen molar-refractivity contribution in [1.82, 2.24) is 4.31 Å². The van der Waals surface area contributed by atoms with Gasteiger partial charge in [0.15, 0.2) is 0 Å². The molecule has 120 valence electrons. The zero-order valence-corrected chi connectivity index (χ0v) is 14.4. The van der Waals surface area contributed by atoms with Crippen molar-refractivity contribution < 1.29 is 8.42 Å². The summed E-state index contributed by atoms with van der Waals surface area (Å²) in [5.74, 6) is 3.24. The van der Waals surface area contributed by atoms with Gasteiger partial charge in [-0.3, -0.25) is 0 Å². The zero-order chi connectivity index (χ0) is 15.9. The van der Waals surface area contributed by atoms with Gasteiger partial charge in [-0.15, -0.1) is 0 Å². The minimum Gasteiger partial charge on any atom is -0.207 e.